The van der Waals surface area contributed by atoms with Crippen molar-refractivity contribution < 1.29 is 71.5 Å². The van der Waals surface area contributed by atoms with E-state index in [0.717, 1.165) is 10.5 Å². The van der Waals surface area contributed by atoms with E-state index >= 15 is 0 Å². The van der Waals surface area contributed by atoms with E-state index in [1.165, 1.54) is 12.2 Å². The molecule has 0 fully saturated rings. The summed E-state index contributed by atoms with van der Waals surface area (Å²) < 4.78 is 38.0. The van der Waals surface area contributed by atoms with E-state index in [1.54, 1.807) is 52.0 Å². The van der Waals surface area contributed by atoms with Crippen molar-refractivity contribution in [3.8, 4) is 0 Å². The number of amides is 8. The van der Waals surface area contributed by atoms with E-state index in [1.807, 2.05) is 0 Å². The number of nitrogens with zero attached hydrogens (tertiary/aromatic N) is 1. The molecular weight excluding hydrogens is 867 g/mol. The van der Waals surface area contributed by atoms with Gasteiger partial charge in [0.1, 0.15) is 18.7 Å². The van der Waals surface area contributed by atoms with E-state index in [9.17, 15) is 38.4 Å². The van der Waals surface area contributed by atoms with E-state index in [4.69, 9.17) is 38.9 Å². The average Bonchev–Trinajstić information content (AvgIpc) is 3.60. The number of nitrogens with two attached hydrogens (primary N) is 1. The van der Waals surface area contributed by atoms with E-state index in [2.05, 4.69) is 26.6 Å². The second kappa shape index (κ2) is 33.9. The van der Waals surface area contributed by atoms with E-state index in [-0.39, 0.29) is 82.5 Å². The van der Waals surface area contributed by atoms with Gasteiger partial charge in [-0.25, -0.2) is 4.79 Å². The zero-order valence-electron chi connectivity index (χ0n) is 38.6. The van der Waals surface area contributed by atoms with Crippen molar-refractivity contribution in [2.24, 2.45) is 17.6 Å². The van der Waals surface area contributed by atoms with Gasteiger partial charge in [-0.3, -0.25) is 38.5 Å². The van der Waals surface area contributed by atoms with Gasteiger partial charge in [-0.15, -0.1) is 0 Å². The number of benzene rings is 1. The monoisotopic (exact) mass is 935 g/mol. The predicted molar refractivity (Wildman–Crippen MR) is 238 cm³/mol. The molecule has 0 aromatic heterocycles. The summed E-state index contributed by atoms with van der Waals surface area (Å²) in [6, 6.07) is 4.05. The summed E-state index contributed by atoms with van der Waals surface area (Å²) in [5, 5.41) is 13.4. The maximum Gasteiger partial charge on any atom is 0.312 e. The van der Waals surface area contributed by atoms with Gasteiger partial charge in [0.25, 0.3) is 11.8 Å². The number of hydrogen-bond donors (Lipinski definition) is 6. The number of hydrogen-bond acceptors (Lipinski definition) is 15. The number of anilines is 1. The van der Waals surface area contributed by atoms with Crippen molar-refractivity contribution in [1.29, 1.82) is 0 Å². The Morgan fingerprint density at radius 3 is 1.67 bits per heavy atom. The molecule has 1 aliphatic heterocycles. The lowest BCUT2D eigenvalue weighted by molar-refractivity contribution is -0.148. The minimum absolute atomic E-state index is 0.00914. The Labute approximate surface area is 386 Å². The molecule has 7 N–H and O–H groups in total. The molecule has 1 aliphatic rings. The van der Waals surface area contributed by atoms with Gasteiger partial charge in [0.2, 0.25) is 23.6 Å². The highest BCUT2D eigenvalue weighted by atomic mass is 16.6. The Morgan fingerprint density at radius 2 is 1.15 bits per heavy atom. The fourth-order valence-corrected chi connectivity index (χ4v) is 5.65. The van der Waals surface area contributed by atoms with Crippen LogP contribution in [-0.4, -0.2) is 163 Å². The standard InChI is InChI=1S/C44H69N7O15/c1-31(2)40(42(57)49-35(6-5-15-47-44(45)59)41(56)48-34-9-7-33(8-10-34)30-66-43(58)32(3)4)50-37(53)14-18-60-20-22-62-24-26-64-28-29-65-27-25-63-23-21-61-19-16-46-36(52)13-17-51-38(54)11-12-39(51)55/h7-12,31-32,35,40H,5-6,13-30H2,1-4H3,(H,46,52)(H,48,56)(H,49,57)(H,50,53)(H3,45,47,59)/t35?,40-/m0/s1. The summed E-state index contributed by atoms with van der Waals surface area (Å²) in [6.07, 6.45) is 2.86. The molecule has 0 spiro atoms. The Hall–Kier alpha value is -5.52. The molecule has 0 aliphatic carbocycles. The maximum absolute atomic E-state index is 13.4. The van der Waals surface area contributed by atoms with Gasteiger partial charge in [-0.1, -0.05) is 39.8 Å². The van der Waals surface area contributed by atoms with Crippen LogP contribution in [0.4, 0.5) is 10.5 Å². The molecule has 2 atom stereocenters. The molecule has 1 unspecified atom stereocenters. The second-order valence-electron chi connectivity index (χ2n) is 15.4. The molecule has 1 aromatic carbocycles. The number of carbonyl (C=O) groups is 8. The number of esters is 1. The summed E-state index contributed by atoms with van der Waals surface area (Å²) in [7, 11) is 0. The molecule has 8 amide bonds. The number of nitrogens with one attached hydrogen (secondary N) is 5. The Morgan fingerprint density at radius 1 is 0.621 bits per heavy atom. The molecule has 2 rings (SSSR count). The molecule has 22 heteroatoms. The van der Waals surface area contributed by atoms with Crippen molar-refractivity contribution in [1.82, 2.24) is 26.2 Å². The number of imide groups is 1. The van der Waals surface area contributed by atoms with Crippen molar-refractivity contribution in [2.75, 3.05) is 104 Å². The highest BCUT2D eigenvalue weighted by Gasteiger charge is 2.29. The molecule has 0 saturated carbocycles. The first kappa shape index (κ1) is 56.6. The topological polar surface area (TPSA) is 291 Å². The van der Waals surface area contributed by atoms with Crippen LogP contribution < -0.4 is 32.3 Å². The molecule has 0 saturated heterocycles. The van der Waals surface area contributed by atoms with Crippen molar-refractivity contribution in [2.45, 2.75) is 72.1 Å². The van der Waals surface area contributed by atoms with E-state index in [0.29, 0.717) is 78.1 Å². The van der Waals surface area contributed by atoms with E-state index < -0.39 is 47.7 Å². The van der Waals surface area contributed by atoms with Crippen molar-refractivity contribution in [3.05, 3.63) is 42.0 Å². The normalized spacial score (nSPS) is 13.2. The first-order valence-electron chi connectivity index (χ1n) is 22.1. The third-order valence-corrected chi connectivity index (χ3v) is 9.31. The largest absolute Gasteiger partial charge is 0.461 e. The Kier molecular flexibility index (Phi) is 29.1. The molecule has 0 radical (unpaired) electrons. The summed E-state index contributed by atoms with van der Waals surface area (Å²) in [5.74, 6) is -3.48. The van der Waals surface area contributed by atoms with Crippen molar-refractivity contribution in [3.63, 3.8) is 0 Å². The molecule has 1 heterocycles. The van der Waals surface area contributed by atoms with Gasteiger partial charge in [0, 0.05) is 50.3 Å². The summed E-state index contributed by atoms with van der Waals surface area (Å²) in [4.78, 5) is 98.4. The van der Waals surface area contributed by atoms with Gasteiger partial charge in [-0.2, -0.15) is 0 Å². The Bertz CT molecular complexity index is 1680. The zero-order chi connectivity index (χ0) is 48.5. The highest BCUT2D eigenvalue weighted by Crippen LogP contribution is 2.14. The fraction of sp³-hybridized carbons (Fsp3) is 0.636. The number of urea groups is 1. The quantitative estimate of drug-likeness (QED) is 0.0298. The van der Waals surface area contributed by atoms with Crippen LogP contribution in [0.2, 0.25) is 0 Å². The van der Waals surface area contributed by atoms with Crippen LogP contribution in [-0.2, 0) is 73.3 Å². The first-order chi connectivity index (χ1) is 31.7. The minimum atomic E-state index is -1.01. The van der Waals surface area contributed by atoms with Gasteiger partial charge in [-0.05, 0) is 36.5 Å². The Balaban J connectivity index is 1.52. The highest BCUT2D eigenvalue weighted by molar-refractivity contribution is 6.13. The molecule has 22 nitrogen and oxygen atoms in total. The van der Waals surface area contributed by atoms with Gasteiger partial charge in [0.05, 0.1) is 85.2 Å². The molecule has 1 aromatic rings. The fourth-order valence-electron chi connectivity index (χ4n) is 5.65. The van der Waals surface area contributed by atoms with Crippen LogP contribution in [0.25, 0.3) is 0 Å². The van der Waals surface area contributed by atoms with Crippen LogP contribution in [0.15, 0.2) is 36.4 Å². The van der Waals surface area contributed by atoms with Crippen LogP contribution in [0.1, 0.15) is 58.9 Å². The third kappa shape index (κ3) is 25.8. The summed E-state index contributed by atoms with van der Waals surface area (Å²) in [5.41, 5.74) is 6.34. The average molecular weight is 936 g/mol. The minimum Gasteiger partial charge on any atom is -0.461 e. The van der Waals surface area contributed by atoms with Crippen molar-refractivity contribution >= 4 is 53.1 Å². The number of primary amides is 1. The van der Waals surface area contributed by atoms with Crippen LogP contribution >= 0.6 is 0 Å². The zero-order valence-corrected chi connectivity index (χ0v) is 38.6. The third-order valence-electron chi connectivity index (χ3n) is 9.31. The number of carbonyl (C=O) groups excluding carboxylic acids is 8. The van der Waals surface area contributed by atoms with Gasteiger partial charge in [0.15, 0.2) is 0 Å². The molecule has 0 bridgehead atoms. The predicted octanol–water partition coefficient (Wildman–Crippen LogP) is 0.319. The lowest BCUT2D eigenvalue weighted by Crippen LogP contribution is -2.54. The lowest BCUT2D eigenvalue weighted by atomic mass is 10.0. The lowest BCUT2D eigenvalue weighted by Gasteiger charge is -2.25. The SMILES string of the molecule is CC(C)C(=O)OCc1ccc(NC(=O)C(CCCNC(N)=O)NC(=O)[C@@H](NC(=O)CCOCCOCCOCCOCCOCCOCCNC(=O)CCN2C(=O)C=CC2=O)C(C)C)cc1. The summed E-state index contributed by atoms with van der Waals surface area (Å²) >= 11 is 0. The first-order valence-corrected chi connectivity index (χ1v) is 22.1. The second-order valence-corrected chi connectivity index (χ2v) is 15.4. The molecular formula is C44H69N7O15. The van der Waals surface area contributed by atoms with Gasteiger partial charge >= 0.3 is 12.0 Å². The van der Waals surface area contributed by atoms with Crippen LogP contribution in [0.5, 0.6) is 0 Å². The molecule has 370 valence electrons. The molecule has 66 heavy (non-hydrogen) atoms. The smallest absolute Gasteiger partial charge is 0.312 e. The van der Waals surface area contributed by atoms with Crippen LogP contribution in [0, 0.1) is 11.8 Å². The maximum atomic E-state index is 13.4. The van der Waals surface area contributed by atoms with Crippen LogP contribution in [0.3, 0.4) is 0 Å². The summed E-state index contributed by atoms with van der Waals surface area (Å²) in [6.45, 7) is 11.4. The number of ether oxygens (including phenoxy) is 7. The number of rotatable bonds is 37. The van der Waals surface area contributed by atoms with Gasteiger partial charge < -0.3 is 65.5 Å².